The van der Waals surface area contributed by atoms with Crippen LogP contribution in [0.4, 0.5) is 0 Å². The lowest BCUT2D eigenvalue weighted by molar-refractivity contribution is 0.575. The van der Waals surface area contributed by atoms with Gasteiger partial charge in [0.15, 0.2) is 5.03 Å². The molecule has 0 saturated carbocycles. The number of nitrogens with one attached hydrogen (secondary N) is 2. The molecule has 0 saturated heterocycles. The van der Waals surface area contributed by atoms with Crippen LogP contribution in [0.15, 0.2) is 17.4 Å². The maximum absolute atomic E-state index is 12.1. The zero-order chi connectivity index (χ0) is 15.5. The van der Waals surface area contributed by atoms with Crippen LogP contribution >= 0.6 is 0 Å². The van der Waals surface area contributed by atoms with E-state index in [1.54, 1.807) is 19.3 Å². The molecule has 21 heavy (non-hydrogen) atoms. The summed E-state index contributed by atoms with van der Waals surface area (Å²) in [4.78, 5) is 4.09. The van der Waals surface area contributed by atoms with Crippen LogP contribution in [0, 0.1) is 13.8 Å². The summed E-state index contributed by atoms with van der Waals surface area (Å²) in [5, 5.41) is 6.89. The smallest absolute Gasteiger partial charge is 0.259 e. The van der Waals surface area contributed by atoms with Crippen LogP contribution in [-0.2, 0) is 23.0 Å². The minimum atomic E-state index is -3.53. The highest BCUT2D eigenvalue weighted by Gasteiger charge is 2.18. The Kier molecular flexibility index (Phi) is 4.79. The highest BCUT2D eigenvalue weighted by molar-refractivity contribution is 7.89. The van der Waals surface area contributed by atoms with Crippen LogP contribution in [-0.4, -0.2) is 34.7 Å². The molecule has 0 fully saturated rings. The number of aromatic amines is 1. The number of H-pyrrole nitrogens is 1. The maximum atomic E-state index is 12.1. The second-order valence-electron chi connectivity index (χ2n) is 4.93. The molecule has 0 amide bonds. The third-order valence-corrected chi connectivity index (χ3v) is 4.75. The number of imidazole rings is 1. The fourth-order valence-corrected chi connectivity index (χ4v) is 3.20. The van der Waals surface area contributed by atoms with Crippen molar-refractivity contribution in [3.63, 3.8) is 0 Å². The van der Waals surface area contributed by atoms with Crippen LogP contribution in [0.3, 0.4) is 0 Å². The van der Waals surface area contributed by atoms with E-state index in [1.807, 2.05) is 18.4 Å². The second-order valence-corrected chi connectivity index (χ2v) is 6.65. The zero-order valence-corrected chi connectivity index (χ0v) is 13.4. The van der Waals surface area contributed by atoms with Gasteiger partial charge in [0, 0.05) is 25.0 Å². The highest BCUT2D eigenvalue weighted by atomic mass is 32.2. The molecule has 0 aliphatic rings. The summed E-state index contributed by atoms with van der Waals surface area (Å²) in [5.74, 6) is 0.701. The van der Waals surface area contributed by atoms with Crippen molar-refractivity contribution in [3.05, 3.63) is 29.5 Å². The predicted octanol–water partition coefficient (Wildman–Crippen LogP) is 1.15. The number of hydrogen-bond acceptors (Lipinski definition) is 4. The van der Waals surface area contributed by atoms with Crippen molar-refractivity contribution in [3.8, 4) is 0 Å². The molecule has 2 N–H and O–H groups in total. The SMILES string of the molecule is CCn1cc(S(=O)(=O)NCCCc2cn[nH]c2C)nc1C. The summed E-state index contributed by atoms with van der Waals surface area (Å²) in [6.07, 6.45) is 4.84. The molecular formula is C13H21N5O2S. The molecule has 0 aliphatic heterocycles. The lowest BCUT2D eigenvalue weighted by atomic mass is 10.1. The van der Waals surface area contributed by atoms with Gasteiger partial charge in [0.25, 0.3) is 10.0 Å². The van der Waals surface area contributed by atoms with Gasteiger partial charge in [-0.3, -0.25) is 5.10 Å². The molecule has 0 aromatic carbocycles. The van der Waals surface area contributed by atoms with Crippen LogP contribution in [0.2, 0.25) is 0 Å². The molecule has 2 heterocycles. The van der Waals surface area contributed by atoms with E-state index < -0.39 is 10.0 Å². The first-order valence-corrected chi connectivity index (χ1v) is 8.44. The van der Waals surface area contributed by atoms with E-state index in [4.69, 9.17) is 0 Å². The van der Waals surface area contributed by atoms with Gasteiger partial charge in [0.1, 0.15) is 5.82 Å². The molecule has 2 rings (SSSR count). The number of sulfonamides is 1. The number of nitrogens with zero attached hydrogens (tertiary/aromatic N) is 3. The van der Waals surface area contributed by atoms with E-state index in [9.17, 15) is 8.42 Å². The third kappa shape index (κ3) is 3.70. The van der Waals surface area contributed by atoms with Gasteiger partial charge in [0.05, 0.1) is 6.20 Å². The Bertz CT molecular complexity index is 702. The summed E-state index contributed by atoms with van der Waals surface area (Å²) in [7, 11) is -3.53. The van der Waals surface area contributed by atoms with Gasteiger partial charge in [-0.2, -0.15) is 5.10 Å². The van der Waals surface area contributed by atoms with Gasteiger partial charge in [-0.05, 0) is 39.2 Å². The van der Waals surface area contributed by atoms with Crippen molar-refractivity contribution in [2.75, 3.05) is 6.54 Å². The molecule has 116 valence electrons. The highest BCUT2D eigenvalue weighted by Crippen LogP contribution is 2.09. The molecule has 8 heteroatoms. The molecule has 0 aliphatic carbocycles. The standard InChI is InChI=1S/C13H21N5O2S/c1-4-18-9-13(16-11(18)3)21(19,20)15-7-5-6-12-8-14-17-10(12)2/h8-9,15H,4-7H2,1-3H3,(H,14,17). The summed E-state index contributed by atoms with van der Waals surface area (Å²) in [6, 6.07) is 0. The summed E-state index contributed by atoms with van der Waals surface area (Å²) in [5.41, 5.74) is 2.13. The molecule has 0 unspecified atom stereocenters. The monoisotopic (exact) mass is 311 g/mol. The van der Waals surface area contributed by atoms with Crippen molar-refractivity contribution < 1.29 is 8.42 Å². The first-order chi connectivity index (χ1) is 9.94. The van der Waals surface area contributed by atoms with Crippen LogP contribution < -0.4 is 4.72 Å². The number of aromatic nitrogens is 4. The number of hydrogen-bond donors (Lipinski definition) is 2. The van der Waals surface area contributed by atoms with Crippen molar-refractivity contribution in [2.24, 2.45) is 0 Å². The molecule has 0 spiro atoms. The topological polar surface area (TPSA) is 92.7 Å². The van der Waals surface area contributed by atoms with Gasteiger partial charge in [-0.25, -0.2) is 18.1 Å². The largest absolute Gasteiger partial charge is 0.334 e. The van der Waals surface area contributed by atoms with Gasteiger partial charge < -0.3 is 4.57 Å². The van der Waals surface area contributed by atoms with Gasteiger partial charge in [-0.1, -0.05) is 0 Å². The van der Waals surface area contributed by atoms with E-state index in [-0.39, 0.29) is 5.03 Å². The normalized spacial score (nSPS) is 12.0. The fraction of sp³-hybridized carbons (Fsp3) is 0.538. The maximum Gasteiger partial charge on any atom is 0.259 e. The fourth-order valence-electron chi connectivity index (χ4n) is 2.12. The average molecular weight is 311 g/mol. The third-order valence-electron chi connectivity index (χ3n) is 3.42. The minimum absolute atomic E-state index is 0.0846. The van der Waals surface area contributed by atoms with E-state index in [2.05, 4.69) is 19.9 Å². The molecule has 0 atom stereocenters. The lowest BCUT2D eigenvalue weighted by Crippen LogP contribution is -2.25. The molecule has 0 radical (unpaired) electrons. The van der Waals surface area contributed by atoms with Gasteiger partial charge in [-0.15, -0.1) is 0 Å². The Morgan fingerprint density at radius 3 is 2.71 bits per heavy atom. The molecule has 2 aromatic heterocycles. The Balaban J connectivity index is 1.90. The van der Waals surface area contributed by atoms with Crippen molar-refractivity contribution in [2.45, 2.75) is 45.2 Å². The Morgan fingerprint density at radius 1 is 1.38 bits per heavy atom. The summed E-state index contributed by atoms with van der Waals surface area (Å²) in [6.45, 7) is 6.78. The van der Waals surface area contributed by atoms with Crippen LogP contribution in [0.5, 0.6) is 0 Å². The first-order valence-electron chi connectivity index (χ1n) is 6.96. The zero-order valence-electron chi connectivity index (χ0n) is 12.5. The second kappa shape index (κ2) is 6.40. The summed E-state index contributed by atoms with van der Waals surface area (Å²) < 4.78 is 28.7. The van der Waals surface area contributed by atoms with Crippen molar-refractivity contribution >= 4 is 10.0 Å². The van der Waals surface area contributed by atoms with Gasteiger partial charge in [0.2, 0.25) is 0 Å². The molecule has 0 bridgehead atoms. The number of aryl methyl sites for hydroxylation is 4. The average Bonchev–Trinajstić information content (AvgIpc) is 3.01. The molecular weight excluding hydrogens is 290 g/mol. The number of rotatable bonds is 7. The molecule has 7 nitrogen and oxygen atoms in total. The molecule has 2 aromatic rings. The van der Waals surface area contributed by atoms with E-state index >= 15 is 0 Å². The lowest BCUT2D eigenvalue weighted by Gasteiger charge is -2.04. The quantitative estimate of drug-likeness (QED) is 0.750. The van der Waals surface area contributed by atoms with Crippen LogP contribution in [0.25, 0.3) is 0 Å². The Hall–Kier alpha value is -1.67. The Morgan fingerprint density at radius 2 is 2.14 bits per heavy atom. The first kappa shape index (κ1) is 15.7. The Labute approximate surface area is 124 Å². The van der Waals surface area contributed by atoms with Gasteiger partial charge >= 0.3 is 0 Å². The van der Waals surface area contributed by atoms with E-state index in [1.165, 1.54) is 0 Å². The van der Waals surface area contributed by atoms with Crippen LogP contribution in [0.1, 0.15) is 30.4 Å². The summed E-state index contributed by atoms with van der Waals surface area (Å²) >= 11 is 0. The minimum Gasteiger partial charge on any atom is -0.334 e. The van der Waals surface area contributed by atoms with Crippen molar-refractivity contribution in [1.82, 2.24) is 24.5 Å². The van der Waals surface area contributed by atoms with Crippen molar-refractivity contribution in [1.29, 1.82) is 0 Å². The van der Waals surface area contributed by atoms with E-state index in [0.29, 0.717) is 25.3 Å². The van der Waals surface area contributed by atoms with E-state index in [0.717, 1.165) is 17.7 Å². The predicted molar refractivity (Wildman–Crippen MR) is 79.5 cm³/mol.